The first-order valence-electron chi connectivity index (χ1n) is 3.22. The van der Waals surface area contributed by atoms with Gasteiger partial charge < -0.3 is 5.11 Å². The molecule has 5 heteroatoms. The van der Waals surface area contributed by atoms with Crippen molar-refractivity contribution in [1.82, 2.24) is 4.98 Å². The first-order chi connectivity index (χ1) is 5.75. The van der Waals surface area contributed by atoms with Gasteiger partial charge in [-0.15, -0.1) is 0 Å². The van der Waals surface area contributed by atoms with Crippen molar-refractivity contribution in [3.8, 4) is 0 Å². The summed E-state index contributed by atoms with van der Waals surface area (Å²) in [5.41, 5.74) is 0.220. The number of rotatable bonds is 3. The van der Waals surface area contributed by atoms with Crippen LogP contribution >= 0.6 is 0 Å². The van der Waals surface area contributed by atoms with Gasteiger partial charge in [-0.05, 0) is 6.07 Å². The van der Waals surface area contributed by atoms with Gasteiger partial charge in [0.1, 0.15) is 6.54 Å². The van der Waals surface area contributed by atoms with Crippen LogP contribution in [0.2, 0.25) is 0 Å². The number of pyridine rings is 1. The summed E-state index contributed by atoms with van der Waals surface area (Å²) < 4.78 is 0. The van der Waals surface area contributed by atoms with Crippen LogP contribution in [0.4, 0.5) is 0 Å². The van der Waals surface area contributed by atoms with Gasteiger partial charge in [-0.3, -0.25) is 0 Å². The third kappa shape index (κ3) is 1.63. The van der Waals surface area contributed by atoms with E-state index < -0.39 is 5.97 Å². The zero-order valence-corrected chi connectivity index (χ0v) is 6.10. The molecule has 0 radical (unpaired) electrons. The van der Waals surface area contributed by atoms with Crippen LogP contribution < -0.4 is 0 Å². The Balaban J connectivity index is 3.07. The smallest absolute Gasteiger partial charge is 0.354 e. The minimum absolute atomic E-state index is 0.114. The fourth-order valence-electron chi connectivity index (χ4n) is 0.828. The molecule has 1 heterocycles. The van der Waals surface area contributed by atoms with E-state index in [0.717, 1.165) is 0 Å². The van der Waals surface area contributed by atoms with Crippen LogP contribution in [0.15, 0.2) is 23.5 Å². The lowest BCUT2D eigenvalue weighted by Gasteiger charge is -1.97. The fraction of sp³-hybridized carbons (Fsp3) is 0.143. The van der Waals surface area contributed by atoms with Crippen LogP contribution in [-0.4, -0.2) is 16.1 Å². The highest BCUT2D eigenvalue weighted by molar-refractivity contribution is 5.86. The molecule has 0 atom stereocenters. The summed E-state index contributed by atoms with van der Waals surface area (Å²) in [5, 5.41) is 11.2. The van der Waals surface area contributed by atoms with E-state index in [-0.39, 0.29) is 12.2 Å². The normalized spacial score (nSPS) is 9.33. The van der Waals surface area contributed by atoms with E-state index in [4.69, 9.17) is 5.11 Å². The fourth-order valence-corrected chi connectivity index (χ4v) is 0.828. The van der Waals surface area contributed by atoms with Gasteiger partial charge in [0.05, 0.1) is 0 Å². The van der Waals surface area contributed by atoms with Gasteiger partial charge in [0.25, 0.3) is 0 Å². The summed E-state index contributed by atoms with van der Waals surface area (Å²) in [5.74, 6) is -1.14. The monoisotopic (exact) mass is 166 g/mol. The van der Waals surface area contributed by atoms with Crippen LogP contribution in [0.5, 0.6) is 0 Å². The molecule has 5 nitrogen and oxygen atoms in total. The molecule has 1 aromatic heterocycles. The lowest BCUT2D eigenvalue weighted by Crippen LogP contribution is -2.04. The van der Waals surface area contributed by atoms with Gasteiger partial charge in [0.15, 0.2) is 5.69 Å². The summed E-state index contributed by atoms with van der Waals surface area (Å²) >= 11 is 0. The number of nitrogens with zero attached hydrogens (tertiary/aromatic N) is 2. The molecule has 0 aromatic carbocycles. The molecule has 1 aromatic rings. The number of aromatic nitrogens is 1. The molecule has 1 rings (SSSR count). The van der Waals surface area contributed by atoms with Crippen molar-refractivity contribution in [2.75, 3.05) is 0 Å². The highest BCUT2D eigenvalue weighted by Gasteiger charge is 2.09. The molecule has 0 amide bonds. The van der Waals surface area contributed by atoms with Crippen molar-refractivity contribution in [3.63, 3.8) is 0 Å². The molecular weight excluding hydrogens is 160 g/mol. The first kappa shape index (κ1) is 8.32. The Hall–Kier alpha value is -1.78. The predicted molar refractivity (Wildman–Crippen MR) is 40.7 cm³/mol. The summed E-state index contributed by atoms with van der Waals surface area (Å²) in [7, 11) is 0. The number of aromatic carboxylic acids is 1. The Morgan fingerprint density at radius 2 is 2.42 bits per heavy atom. The maximum absolute atomic E-state index is 10.5. The Morgan fingerprint density at radius 1 is 1.67 bits per heavy atom. The second-order valence-corrected chi connectivity index (χ2v) is 2.10. The highest BCUT2D eigenvalue weighted by Crippen LogP contribution is 2.06. The molecule has 0 aliphatic carbocycles. The van der Waals surface area contributed by atoms with Crippen molar-refractivity contribution < 1.29 is 9.90 Å². The van der Waals surface area contributed by atoms with Crippen LogP contribution in [0.1, 0.15) is 16.1 Å². The topological polar surface area (TPSA) is 79.6 Å². The summed E-state index contributed by atoms with van der Waals surface area (Å²) in [6.07, 6.45) is 1.36. The van der Waals surface area contributed by atoms with Gasteiger partial charge in [-0.2, -0.15) is 4.91 Å². The molecule has 0 aliphatic heterocycles. The average molecular weight is 166 g/mol. The number of nitroso groups, excluding NO2 is 1. The lowest BCUT2D eigenvalue weighted by atomic mass is 10.2. The second kappa shape index (κ2) is 3.56. The third-order valence-electron chi connectivity index (χ3n) is 1.33. The zero-order valence-electron chi connectivity index (χ0n) is 6.10. The van der Waals surface area contributed by atoms with Crippen LogP contribution in [0, 0.1) is 4.91 Å². The summed E-state index contributed by atoms with van der Waals surface area (Å²) in [4.78, 5) is 24.0. The van der Waals surface area contributed by atoms with Crippen molar-refractivity contribution in [2.24, 2.45) is 5.18 Å². The maximum Gasteiger partial charge on any atom is 0.354 e. The molecule has 0 saturated carbocycles. The molecule has 62 valence electrons. The largest absolute Gasteiger partial charge is 0.477 e. The Bertz CT molecular complexity index is 311. The van der Waals surface area contributed by atoms with Gasteiger partial charge >= 0.3 is 5.97 Å². The number of carboxylic acids is 1. The minimum Gasteiger partial charge on any atom is -0.477 e. The lowest BCUT2D eigenvalue weighted by molar-refractivity contribution is 0.0689. The molecule has 0 saturated heterocycles. The second-order valence-electron chi connectivity index (χ2n) is 2.10. The van der Waals surface area contributed by atoms with E-state index in [2.05, 4.69) is 10.2 Å². The molecule has 0 fully saturated rings. The van der Waals surface area contributed by atoms with Gasteiger partial charge in [0.2, 0.25) is 0 Å². The first-order valence-corrected chi connectivity index (χ1v) is 3.22. The molecule has 0 aliphatic rings. The number of carbonyl (C=O) groups is 1. The average Bonchev–Trinajstić information content (AvgIpc) is 2.05. The van der Waals surface area contributed by atoms with E-state index >= 15 is 0 Å². The van der Waals surface area contributed by atoms with Crippen molar-refractivity contribution >= 4 is 5.97 Å². The molecule has 0 spiro atoms. The van der Waals surface area contributed by atoms with E-state index in [1.54, 1.807) is 6.07 Å². The quantitative estimate of drug-likeness (QED) is 0.680. The van der Waals surface area contributed by atoms with E-state index in [9.17, 15) is 9.70 Å². The Morgan fingerprint density at radius 3 is 3.00 bits per heavy atom. The molecule has 1 N–H and O–H groups in total. The number of carboxylic acid groups (broad SMARTS) is 1. The zero-order chi connectivity index (χ0) is 8.97. The molecule has 0 unspecified atom stereocenters. The van der Waals surface area contributed by atoms with Crippen molar-refractivity contribution in [3.05, 3.63) is 34.5 Å². The van der Waals surface area contributed by atoms with Gasteiger partial charge in [-0.1, -0.05) is 11.2 Å². The molecule has 12 heavy (non-hydrogen) atoms. The summed E-state index contributed by atoms with van der Waals surface area (Å²) in [6.45, 7) is -0.157. The van der Waals surface area contributed by atoms with Crippen LogP contribution in [0.3, 0.4) is 0 Å². The van der Waals surface area contributed by atoms with E-state index in [0.29, 0.717) is 5.56 Å². The minimum atomic E-state index is -1.14. The number of hydrogen-bond acceptors (Lipinski definition) is 4. The SMILES string of the molecule is O=NCc1cccnc1C(=O)O. The van der Waals surface area contributed by atoms with Gasteiger partial charge in [-0.25, -0.2) is 9.78 Å². The molecular formula is C7H6N2O3. The Kier molecular flexibility index (Phi) is 2.47. The summed E-state index contributed by atoms with van der Waals surface area (Å²) in [6, 6.07) is 3.07. The highest BCUT2D eigenvalue weighted by atomic mass is 16.4. The van der Waals surface area contributed by atoms with E-state index in [1.807, 2.05) is 0 Å². The van der Waals surface area contributed by atoms with Crippen LogP contribution in [-0.2, 0) is 6.54 Å². The van der Waals surface area contributed by atoms with Crippen molar-refractivity contribution in [2.45, 2.75) is 6.54 Å². The number of hydrogen-bond donors (Lipinski definition) is 1. The standard InChI is InChI=1S/C7H6N2O3/c10-7(11)6-5(4-9-12)2-1-3-8-6/h1-3H,4H2,(H,10,11). The maximum atomic E-state index is 10.5. The molecule has 0 bridgehead atoms. The van der Waals surface area contributed by atoms with Crippen LogP contribution in [0.25, 0.3) is 0 Å². The van der Waals surface area contributed by atoms with E-state index in [1.165, 1.54) is 12.3 Å². The third-order valence-corrected chi connectivity index (χ3v) is 1.33. The van der Waals surface area contributed by atoms with Gasteiger partial charge in [0, 0.05) is 11.8 Å². The van der Waals surface area contributed by atoms with Crippen molar-refractivity contribution in [1.29, 1.82) is 0 Å². The Labute approximate surface area is 68.0 Å². The predicted octanol–water partition coefficient (Wildman–Crippen LogP) is 1.05.